The summed E-state index contributed by atoms with van der Waals surface area (Å²) in [6, 6.07) is 4.64. The maximum atomic E-state index is 14.2. The van der Waals surface area contributed by atoms with Crippen molar-refractivity contribution in [1.82, 2.24) is 15.1 Å². The summed E-state index contributed by atoms with van der Waals surface area (Å²) < 4.78 is 29.0. The average molecular weight is 349 g/mol. The van der Waals surface area contributed by atoms with Gasteiger partial charge in [-0.05, 0) is 37.3 Å². The highest BCUT2D eigenvalue weighted by molar-refractivity contribution is 5.76. The van der Waals surface area contributed by atoms with Gasteiger partial charge in [-0.2, -0.15) is 5.10 Å². The van der Waals surface area contributed by atoms with Gasteiger partial charge in [0.15, 0.2) is 0 Å². The van der Waals surface area contributed by atoms with Crippen molar-refractivity contribution in [2.45, 2.75) is 37.8 Å². The van der Waals surface area contributed by atoms with E-state index in [0.717, 1.165) is 11.8 Å². The number of hydrogen-bond donors (Lipinski definition) is 2. The van der Waals surface area contributed by atoms with Gasteiger partial charge in [0.2, 0.25) is 5.91 Å². The highest BCUT2D eigenvalue weighted by atomic mass is 19.1. The zero-order valence-electron chi connectivity index (χ0n) is 14.0. The number of nitrogens with one attached hydrogen (secondary N) is 1. The Bertz CT molecular complexity index is 757. The number of carbonyl (C=O) groups is 1. The molecule has 2 N–H and O–H groups in total. The molecule has 1 aromatic carbocycles. The molecule has 1 aliphatic carbocycles. The minimum Gasteiger partial charge on any atom is -0.393 e. The molecule has 0 bridgehead atoms. The number of benzene rings is 1. The molecular weight excluding hydrogens is 328 g/mol. The fourth-order valence-electron chi connectivity index (χ4n) is 3.24. The second-order valence-corrected chi connectivity index (χ2v) is 6.54. The number of rotatable bonds is 6. The summed E-state index contributed by atoms with van der Waals surface area (Å²) in [5.41, 5.74) is 1.19. The summed E-state index contributed by atoms with van der Waals surface area (Å²) >= 11 is 0. The first-order valence-electron chi connectivity index (χ1n) is 8.33. The molecule has 0 aliphatic heterocycles. The maximum Gasteiger partial charge on any atom is 0.220 e. The first-order valence-corrected chi connectivity index (χ1v) is 8.33. The van der Waals surface area contributed by atoms with E-state index in [4.69, 9.17) is 0 Å². The van der Waals surface area contributed by atoms with Gasteiger partial charge in [0.25, 0.3) is 0 Å². The predicted molar refractivity (Wildman–Crippen MR) is 87.5 cm³/mol. The fourth-order valence-corrected chi connectivity index (χ4v) is 3.24. The number of aliphatic hydroxyl groups excluding tert-OH is 1. The number of carbonyl (C=O) groups excluding carboxylic acids is 1. The lowest BCUT2D eigenvalue weighted by Crippen LogP contribution is -2.41. The van der Waals surface area contributed by atoms with Gasteiger partial charge in [-0.25, -0.2) is 8.78 Å². The number of halogens is 2. The van der Waals surface area contributed by atoms with E-state index in [0.29, 0.717) is 19.3 Å². The fraction of sp³-hybridized carbons (Fsp3) is 0.444. The Morgan fingerprint density at radius 1 is 1.40 bits per heavy atom. The van der Waals surface area contributed by atoms with Crippen LogP contribution in [-0.4, -0.2) is 26.9 Å². The van der Waals surface area contributed by atoms with E-state index in [9.17, 15) is 18.7 Å². The maximum absolute atomic E-state index is 14.2. The van der Waals surface area contributed by atoms with Crippen LogP contribution in [0.2, 0.25) is 0 Å². The van der Waals surface area contributed by atoms with Crippen LogP contribution in [0.4, 0.5) is 8.78 Å². The molecule has 1 saturated carbocycles. The van der Waals surface area contributed by atoms with Crippen molar-refractivity contribution in [3.8, 4) is 0 Å². The third-order valence-corrected chi connectivity index (χ3v) is 4.77. The topological polar surface area (TPSA) is 67.2 Å². The minimum atomic E-state index is -0.682. The number of nitrogens with zero attached hydrogens (tertiary/aromatic N) is 2. The van der Waals surface area contributed by atoms with Crippen LogP contribution < -0.4 is 5.32 Å². The molecular formula is C18H21F2N3O2. The molecule has 1 heterocycles. The third-order valence-electron chi connectivity index (χ3n) is 4.77. The third kappa shape index (κ3) is 4.04. The van der Waals surface area contributed by atoms with E-state index >= 15 is 0 Å². The lowest BCUT2D eigenvalue weighted by molar-refractivity contribution is -0.123. The molecule has 1 amide bonds. The van der Waals surface area contributed by atoms with Gasteiger partial charge < -0.3 is 10.4 Å². The van der Waals surface area contributed by atoms with E-state index in [1.807, 2.05) is 6.07 Å². The van der Waals surface area contributed by atoms with Gasteiger partial charge in [0.1, 0.15) is 11.6 Å². The molecule has 0 saturated heterocycles. The molecule has 0 spiro atoms. The lowest BCUT2D eigenvalue weighted by Gasteiger charge is -2.38. The van der Waals surface area contributed by atoms with Gasteiger partial charge in [0, 0.05) is 37.0 Å². The summed E-state index contributed by atoms with van der Waals surface area (Å²) in [4.78, 5) is 12.3. The largest absolute Gasteiger partial charge is 0.393 e. The second-order valence-electron chi connectivity index (χ2n) is 6.54. The zero-order valence-corrected chi connectivity index (χ0v) is 14.0. The molecule has 25 heavy (non-hydrogen) atoms. The molecule has 1 fully saturated rings. The summed E-state index contributed by atoms with van der Waals surface area (Å²) in [5.74, 6) is -1.61. The van der Waals surface area contributed by atoms with Crippen LogP contribution >= 0.6 is 0 Å². The lowest BCUT2D eigenvalue weighted by atomic mass is 9.75. The van der Waals surface area contributed by atoms with Gasteiger partial charge in [0.05, 0.1) is 12.1 Å². The SMILES string of the molecule is Cn1nccc1CCC(=O)N[C@@H](c1ccc(F)cc1F)C1CC(O)C1. The van der Waals surface area contributed by atoms with Crippen molar-refractivity contribution in [2.24, 2.45) is 13.0 Å². The Hall–Kier alpha value is -2.28. The van der Waals surface area contributed by atoms with Crippen molar-refractivity contribution in [1.29, 1.82) is 0 Å². The number of aliphatic hydroxyl groups is 1. The molecule has 1 aromatic heterocycles. The van der Waals surface area contributed by atoms with E-state index in [2.05, 4.69) is 10.4 Å². The van der Waals surface area contributed by atoms with Crippen LogP contribution in [0.1, 0.15) is 36.6 Å². The first-order chi connectivity index (χ1) is 11.9. The Morgan fingerprint density at radius 2 is 2.16 bits per heavy atom. The van der Waals surface area contributed by atoms with Crippen molar-refractivity contribution in [3.05, 3.63) is 53.4 Å². The molecule has 1 aliphatic rings. The van der Waals surface area contributed by atoms with Crippen LogP contribution in [0, 0.1) is 17.6 Å². The smallest absolute Gasteiger partial charge is 0.220 e. The molecule has 5 nitrogen and oxygen atoms in total. The van der Waals surface area contributed by atoms with Crippen LogP contribution in [0.25, 0.3) is 0 Å². The van der Waals surface area contributed by atoms with Crippen molar-refractivity contribution < 1.29 is 18.7 Å². The predicted octanol–water partition coefficient (Wildman–Crippen LogP) is 2.26. The van der Waals surface area contributed by atoms with Crippen LogP contribution in [0.15, 0.2) is 30.5 Å². The van der Waals surface area contributed by atoms with Gasteiger partial charge >= 0.3 is 0 Å². The molecule has 134 valence electrons. The molecule has 3 rings (SSSR count). The van der Waals surface area contributed by atoms with E-state index in [1.165, 1.54) is 12.1 Å². The first kappa shape index (κ1) is 17.5. The number of amides is 1. The van der Waals surface area contributed by atoms with Crippen LogP contribution in [0.5, 0.6) is 0 Å². The Labute approximate surface area is 144 Å². The monoisotopic (exact) mass is 349 g/mol. The summed E-state index contributed by atoms with van der Waals surface area (Å²) in [6.07, 6.45) is 2.98. The summed E-state index contributed by atoms with van der Waals surface area (Å²) in [5, 5.41) is 16.5. The van der Waals surface area contributed by atoms with Gasteiger partial charge in [-0.15, -0.1) is 0 Å². The van der Waals surface area contributed by atoms with Crippen molar-refractivity contribution in [3.63, 3.8) is 0 Å². The Kier molecular flexibility index (Phi) is 5.13. The van der Waals surface area contributed by atoms with Gasteiger partial charge in [-0.1, -0.05) is 6.07 Å². The van der Waals surface area contributed by atoms with Crippen LogP contribution in [-0.2, 0) is 18.3 Å². The Balaban J connectivity index is 1.69. The molecule has 0 unspecified atom stereocenters. The van der Waals surface area contributed by atoms with E-state index in [-0.39, 0.29) is 23.8 Å². The molecule has 2 aromatic rings. The number of hydrogen-bond acceptors (Lipinski definition) is 3. The second kappa shape index (κ2) is 7.31. The molecule has 7 heteroatoms. The normalized spacial score (nSPS) is 20.8. The zero-order chi connectivity index (χ0) is 18.0. The Morgan fingerprint density at radius 3 is 2.76 bits per heavy atom. The molecule has 1 atom stereocenters. The number of aromatic nitrogens is 2. The minimum absolute atomic E-state index is 0.0596. The summed E-state index contributed by atoms with van der Waals surface area (Å²) in [6.45, 7) is 0. The van der Waals surface area contributed by atoms with E-state index in [1.54, 1.807) is 17.9 Å². The highest BCUT2D eigenvalue weighted by Crippen LogP contribution is 2.39. The average Bonchev–Trinajstić information content (AvgIpc) is 2.93. The van der Waals surface area contributed by atoms with E-state index < -0.39 is 23.8 Å². The molecule has 0 radical (unpaired) electrons. The quantitative estimate of drug-likeness (QED) is 0.841. The van der Waals surface area contributed by atoms with Crippen molar-refractivity contribution >= 4 is 5.91 Å². The number of aryl methyl sites for hydroxylation is 2. The van der Waals surface area contributed by atoms with Gasteiger partial charge in [-0.3, -0.25) is 9.48 Å². The van der Waals surface area contributed by atoms with Crippen molar-refractivity contribution in [2.75, 3.05) is 0 Å². The highest BCUT2D eigenvalue weighted by Gasteiger charge is 2.36. The standard InChI is InChI=1S/C18H21F2N3O2/c1-23-13(6-7-21-23)3-5-17(25)22-18(11-8-14(24)9-11)15-4-2-12(19)10-16(15)20/h2,4,6-7,10-11,14,18,24H,3,5,8-9H2,1H3,(H,22,25)/t11?,14?,18-/m1/s1. The summed E-state index contributed by atoms with van der Waals surface area (Å²) in [7, 11) is 1.81. The van der Waals surface area contributed by atoms with Crippen LogP contribution in [0.3, 0.4) is 0 Å².